The summed E-state index contributed by atoms with van der Waals surface area (Å²) in [5, 5.41) is 14.1. The summed E-state index contributed by atoms with van der Waals surface area (Å²) in [5.41, 5.74) is 1.64. The second kappa shape index (κ2) is 10.7. The van der Waals surface area contributed by atoms with Crippen molar-refractivity contribution < 1.29 is 18.9 Å². The molecule has 192 valence electrons. The van der Waals surface area contributed by atoms with Crippen molar-refractivity contribution in [1.82, 2.24) is 4.90 Å². The van der Waals surface area contributed by atoms with Gasteiger partial charge in [-0.1, -0.05) is 32.9 Å². The number of carbonyl (C=O) groups is 2. The van der Waals surface area contributed by atoms with Crippen LogP contribution in [-0.2, 0) is 9.59 Å². The van der Waals surface area contributed by atoms with Crippen molar-refractivity contribution in [3.63, 3.8) is 0 Å². The summed E-state index contributed by atoms with van der Waals surface area (Å²) in [6.45, 7) is 8.70. The Morgan fingerprint density at radius 1 is 0.973 bits per heavy atom. The van der Waals surface area contributed by atoms with Crippen molar-refractivity contribution in [3.8, 4) is 11.3 Å². The van der Waals surface area contributed by atoms with Gasteiger partial charge in [0.1, 0.15) is 11.5 Å². The van der Waals surface area contributed by atoms with Crippen molar-refractivity contribution in [3.05, 3.63) is 82.6 Å². The van der Waals surface area contributed by atoms with Crippen molar-refractivity contribution in [2.45, 2.75) is 20.8 Å². The summed E-state index contributed by atoms with van der Waals surface area (Å²) in [6.07, 6.45) is 2.86. The normalized spacial score (nSPS) is 14.1. The number of benzene rings is 2. The standard InChI is InChI=1S/C28H30N4O5/c1-28(2,3)27(34)31-18-16-30(17-19-31)21-10-8-20(9-11-21)29-26(33)15-13-22-12-14-25(37-22)23-6-4-5-7-24(23)32(35)36/h4-15H,16-19H2,1-3H3,(H,29,33)/b15-13+. The Balaban J connectivity index is 1.32. The molecule has 1 N–H and O–H groups in total. The molecule has 9 heteroatoms. The number of amides is 2. The molecule has 9 nitrogen and oxygen atoms in total. The van der Waals surface area contributed by atoms with Gasteiger partial charge in [-0.3, -0.25) is 19.7 Å². The van der Waals surface area contributed by atoms with Gasteiger partial charge in [0.05, 0.1) is 10.5 Å². The minimum Gasteiger partial charge on any atom is -0.456 e. The third-order valence-corrected chi connectivity index (χ3v) is 6.10. The third-order valence-electron chi connectivity index (χ3n) is 6.10. The van der Waals surface area contributed by atoms with Crippen molar-refractivity contribution >= 4 is 35.0 Å². The highest BCUT2D eigenvalue weighted by atomic mass is 16.6. The number of nitro benzene ring substituents is 1. The first-order valence-corrected chi connectivity index (χ1v) is 12.1. The molecule has 0 saturated carbocycles. The van der Waals surface area contributed by atoms with E-state index >= 15 is 0 Å². The lowest BCUT2D eigenvalue weighted by molar-refractivity contribution is -0.384. The number of rotatable bonds is 6. The number of carbonyl (C=O) groups excluding carboxylic acids is 2. The van der Waals surface area contributed by atoms with Crippen LogP contribution in [0.25, 0.3) is 17.4 Å². The second-order valence-electron chi connectivity index (χ2n) is 9.87. The molecule has 0 unspecified atom stereocenters. The van der Waals surface area contributed by atoms with Crippen molar-refractivity contribution in [1.29, 1.82) is 0 Å². The van der Waals surface area contributed by atoms with Gasteiger partial charge in [0.25, 0.3) is 5.69 Å². The van der Waals surface area contributed by atoms with Crippen LogP contribution in [0.15, 0.2) is 71.2 Å². The quantitative estimate of drug-likeness (QED) is 0.282. The van der Waals surface area contributed by atoms with E-state index in [2.05, 4.69) is 10.2 Å². The topological polar surface area (TPSA) is 109 Å². The summed E-state index contributed by atoms with van der Waals surface area (Å²) in [7, 11) is 0. The Kier molecular flexibility index (Phi) is 7.42. The molecule has 4 rings (SSSR count). The number of furan rings is 1. The number of nitrogens with one attached hydrogen (secondary N) is 1. The van der Waals surface area contributed by atoms with E-state index in [-0.39, 0.29) is 22.9 Å². The number of nitrogens with zero attached hydrogens (tertiary/aromatic N) is 3. The molecule has 1 aliphatic heterocycles. The molecule has 2 aromatic carbocycles. The van der Waals surface area contributed by atoms with E-state index in [0.717, 1.165) is 18.8 Å². The van der Waals surface area contributed by atoms with Crippen LogP contribution in [0.5, 0.6) is 0 Å². The summed E-state index contributed by atoms with van der Waals surface area (Å²) in [5.74, 6) is 0.602. The smallest absolute Gasteiger partial charge is 0.280 e. The van der Waals surface area contributed by atoms with Crippen LogP contribution in [0.3, 0.4) is 0 Å². The molecule has 3 aromatic rings. The highest BCUT2D eigenvalue weighted by Gasteiger charge is 2.29. The molecular weight excluding hydrogens is 472 g/mol. The summed E-state index contributed by atoms with van der Waals surface area (Å²) >= 11 is 0. The van der Waals surface area contributed by atoms with Crippen LogP contribution in [0.2, 0.25) is 0 Å². The van der Waals surface area contributed by atoms with E-state index in [0.29, 0.717) is 35.9 Å². The first-order valence-electron chi connectivity index (χ1n) is 12.1. The molecule has 0 aliphatic carbocycles. The van der Waals surface area contributed by atoms with Gasteiger partial charge in [0, 0.05) is 55.1 Å². The maximum absolute atomic E-state index is 12.5. The lowest BCUT2D eigenvalue weighted by Gasteiger charge is -2.38. The van der Waals surface area contributed by atoms with Crippen LogP contribution >= 0.6 is 0 Å². The predicted molar refractivity (Wildman–Crippen MR) is 143 cm³/mol. The predicted octanol–water partition coefficient (Wildman–Crippen LogP) is 5.20. The van der Waals surface area contributed by atoms with E-state index in [1.165, 1.54) is 18.2 Å². The first kappa shape index (κ1) is 25.7. The van der Waals surface area contributed by atoms with Gasteiger partial charge in [0.15, 0.2) is 0 Å². The maximum atomic E-state index is 12.5. The van der Waals surface area contributed by atoms with Gasteiger partial charge in [-0.15, -0.1) is 0 Å². The molecule has 1 fully saturated rings. The molecule has 2 heterocycles. The zero-order valence-electron chi connectivity index (χ0n) is 21.1. The van der Waals surface area contributed by atoms with Gasteiger partial charge in [-0.25, -0.2) is 0 Å². The van der Waals surface area contributed by atoms with Crippen LogP contribution in [0, 0.1) is 15.5 Å². The van der Waals surface area contributed by atoms with E-state index < -0.39 is 4.92 Å². The number of para-hydroxylation sites is 1. The zero-order chi connectivity index (χ0) is 26.6. The fraction of sp³-hybridized carbons (Fsp3) is 0.286. The molecular formula is C28H30N4O5. The van der Waals surface area contributed by atoms with E-state index in [1.54, 1.807) is 30.3 Å². The average Bonchev–Trinajstić information content (AvgIpc) is 3.36. The van der Waals surface area contributed by atoms with Gasteiger partial charge in [-0.05, 0) is 48.5 Å². The number of anilines is 2. The fourth-order valence-electron chi connectivity index (χ4n) is 4.17. The van der Waals surface area contributed by atoms with Crippen LogP contribution in [0.4, 0.5) is 17.1 Å². The van der Waals surface area contributed by atoms with Gasteiger partial charge < -0.3 is 19.5 Å². The number of nitro groups is 1. The van der Waals surface area contributed by atoms with E-state index in [1.807, 2.05) is 49.9 Å². The van der Waals surface area contributed by atoms with E-state index in [4.69, 9.17) is 4.42 Å². The van der Waals surface area contributed by atoms with Gasteiger partial charge >= 0.3 is 0 Å². The first-order chi connectivity index (χ1) is 17.6. The lowest BCUT2D eigenvalue weighted by Crippen LogP contribution is -2.51. The number of hydrogen-bond donors (Lipinski definition) is 1. The van der Waals surface area contributed by atoms with Gasteiger partial charge in [0.2, 0.25) is 11.8 Å². The Labute approximate surface area is 215 Å². The highest BCUT2D eigenvalue weighted by Crippen LogP contribution is 2.31. The lowest BCUT2D eigenvalue weighted by atomic mass is 9.94. The molecule has 1 aliphatic rings. The molecule has 37 heavy (non-hydrogen) atoms. The Bertz CT molecular complexity index is 1310. The summed E-state index contributed by atoms with van der Waals surface area (Å²) < 4.78 is 5.68. The number of hydrogen-bond acceptors (Lipinski definition) is 6. The van der Waals surface area contributed by atoms with Crippen molar-refractivity contribution in [2.24, 2.45) is 5.41 Å². The van der Waals surface area contributed by atoms with E-state index in [9.17, 15) is 19.7 Å². The molecule has 1 aromatic heterocycles. The minimum absolute atomic E-state index is 0.0474. The monoisotopic (exact) mass is 502 g/mol. The third kappa shape index (κ3) is 6.24. The fourth-order valence-corrected chi connectivity index (χ4v) is 4.17. The molecule has 0 radical (unpaired) electrons. The molecule has 2 amide bonds. The van der Waals surface area contributed by atoms with Crippen molar-refractivity contribution in [2.75, 3.05) is 36.4 Å². The summed E-state index contributed by atoms with van der Waals surface area (Å²) in [4.78, 5) is 39.8. The second-order valence-corrected chi connectivity index (χ2v) is 9.87. The highest BCUT2D eigenvalue weighted by molar-refractivity contribution is 6.01. The minimum atomic E-state index is -0.458. The van der Waals surface area contributed by atoms with Gasteiger partial charge in [-0.2, -0.15) is 0 Å². The molecule has 1 saturated heterocycles. The van der Waals surface area contributed by atoms with Crippen LogP contribution in [0.1, 0.15) is 26.5 Å². The zero-order valence-corrected chi connectivity index (χ0v) is 21.1. The average molecular weight is 503 g/mol. The van der Waals surface area contributed by atoms with Crippen LogP contribution in [-0.4, -0.2) is 47.8 Å². The molecule has 0 atom stereocenters. The Morgan fingerprint density at radius 2 is 1.65 bits per heavy atom. The summed E-state index contributed by atoms with van der Waals surface area (Å²) in [6, 6.07) is 17.2. The molecule has 0 bridgehead atoms. The maximum Gasteiger partial charge on any atom is 0.280 e. The number of piperazine rings is 1. The SMILES string of the molecule is CC(C)(C)C(=O)N1CCN(c2ccc(NC(=O)/C=C/c3ccc(-c4ccccc4[N+](=O)[O-])o3)cc2)CC1. The van der Waals surface area contributed by atoms with Crippen LogP contribution < -0.4 is 10.2 Å². The largest absolute Gasteiger partial charge is 0.456 e. The Morgan fingerprint density at radius 3 is 2.30 bits per heavy atom. The Hall–Kier alpha value is -4.40. The molecule has 0 spiro atoms.